The highest BCUT2D eigenvalue weighted by Crippen LogP contribution is 2.23. The lowest BCUT2D eigenvalue weighted by Gasteiger charge is -2.09. The van der Waals surface area contributed by atoms with Crippen LogP contribution in [0.1, 0.15) is 11.1 Å². The summed E-state index contributed by atoms with van der Waals surface area (Å²) < 4.78 is 7.37. The first-order chi connectivity index (χ1) is 17.0. The van der Waals surface area contributed by atoms with Crippen LogP contribution in [0.2, 0.25) is 5.02 Å². The Bertz CT molecular complexity index is 1460. The zero-order valence-corrected chi connectivity index (χ0v) is 19.5. The summed E-state index contributed by atoms with van der Waals surface area (Å²) >= 11 is 5.87. The SMILES string of the molecule is Cc1ccccc1-c1noc(-c2cn(Cc3ccc(NC(=O)Nc4ccc(Cl)cc4)cc3)cn2)n1. The first kappa shape index (κ1) is 22.4. The van der Waals surface area contributed by atoms with E-state index < -0.39 is 0 Å². The van der Waals surface area contributed by atoms with Crippen molar-refractivity contribution in [3.63, 3.8) is 0 Å². The smallest absolute Gasteiger partial charge is 0.323 e. The Morgan fingerprint density at radius 2 is 1.66 bits per heavy atom. The number of urea groups is 1. The number of carbonyl (C=O) groups excluding carboxylic acids is 1. The maximum atomic E-state index is 12.2. The molecular formula is C26H21ClN6O2. The number of aryl methyl sites for hydroxylation is 1. The molecule has 8 nitrogen and oxygen atoms in total. The van der Waals surface area contributed by atoms with Gasteiger partial charge in [0.1, 0.15) is 5.69 Å². The third-order valence-corrected chi connectivity index (χ3v) is 5.60. The quantitative estimate of drug-likeness (QED) is 0.296. The molecule has 2 aromatic heterocycles. The molecule has 0 aliphatic rings. The van der Waals surface area contributed by atoms with Crippen LogP contribution in [0.15, 0.2) is 89.8 Å². The standard InChI is InChI=1S/C26H21ClN6O2/c1-17-4-2-3-5-22(17)24-31-25(35-32-24)23-15-33(16-28-23)14-18-6-10-20(11-7-18)29-26(34)30-21-12-8-19(27)9-13-21/h2-13,15-16H,14H2,1H3,(H2,29,30,34). The van der Waals surface area contributed by atoms with Gasteiger partial charge < -0.3 is 19.7 Å². The van der Waals surface area contributed by atoms with Gasteiger partial charge in [-0.2, -0.15) is 4.98 Å². The number of amides is 2. The van der Waals surface area contributed by atoms with Crippen LogP contribution in [0.5, 0.6) is 0 Å². The number of halogens is 1. The Morgan fingerprint density at radius 1 is 0.971 bits per heavy atom. The highest BCUT2D eigenvalue weighted by atomic mass is 35.5. The Morgan fingerprint density at radius 3 is 2.37 bits per heavy atom. The molecule has 0 unspecified atom stereocenters. The van der Waals surface area contributed by atoms with Gasteiger partial charge in [0.25, 0.3) is 5.89 Å². The molecule has 0 spiro atoms. The summed E-state index contributed by atoms with van der Waals surface area (Å²) in [5, 5.41) is 10.3. The minimum absolute atomic E-state index is 0.330. The Kier molecular flexibility index (Phi) is 6.28. The van der Waals surface area contributed by atoms with Crippen molar-refractivity contribution < 1.29 is 9.32 Å². The zero-order chi connectivity index (χ0) is 24.2. The summed E-state index contributed by atoms with van der Waals surface area (Å²) in [6.07, 6.45) is 3.58. The average Bonchev–Trinajstić information content (AvgIpc) is 3.52. The second-order valence-corrected chi connectivity index (χ2v) is 8.39. The molecular weight excluding hydrogens is 464 g/mol. The van der Waals surface area contributed by atoms with E-state index in [1.54, 1.807) is 30.6 Å². The van der Waals surface area contributed by atoms with E-state index in [0.29, 0.717) is 40.4 Å². The van der Waals surface area contributed by atoms with Crippen LogP contribution in [-0.4, -0.2) is 25.7 Å². The normalized spacial score (nSPS) is 10.8. The number of anilines is 2. The van der Waals surface area contributed by atoms with Crippen molar-refractivity contribution in [1.82, 2.24) is 19.7 Å². The molecule has 0 aliphatic carbocycles. The predicted octanol–water partition coefficient (Wildman–Crippen LogP) is 6.25. The van der Waals surface area contributed by atoms with Crippen molar-refractivity contribution in [1.29, 1.82) is 0 Å². The average molecular weight is 485 g/mol. The van der Waals surface area contributed by atoms with Gasteiger partial charge in [-0.25, -0.2) is 9.78 Å². The fourth-order valence-corrected chi connectivity index (χ4v) is 3.67. The molecule has 2 heterocycles. The monoisotopic (exact) mass is 484 g/mol. The molecule has 2 amide bonds. The van der Waals surface area contributed by atoms with Crippen LogP contribution in [0.25, 0.3) is 23.0 Å². The molecule has 5 rings (SSSR count). The molecule has 0 saturated heterocycles. The number of nitrogens with one attached hydrogen (secondary N) is 2. The van der Waals surface area contributed by atoms with Gasteiger partial charge in [-0.1, -0.05) is 53.2 Å². The fraction of sp³-hybridized carbons (Fsp3) is 0.0769. The molecule has 0 aliphatic heterocycles. The first-order valence-corrected chi connectivity index (χ1v) is 11.3. The largest absolute Gasteiger partial charge is 0.332 e. The molecule has 0 fully saturated rings. The van der Waals surface area contributed by atoms with Crippen LogP contribution < -0.4 is 10.6 Å². The van der Waals surface area contributed by atoms with Gasteiger partial charge in [0.15, 0.2) is 0 Å². The van der Waals surface area contributed by atoms with Crippen molar-refractivity contribution in [3.8, 4) is 23.0 Å². The van der Waals surface area contributed by atoms with Crippen molar-refractivity contribution in [2.45, 2.75) is 13.5 Å². The maximum absolute atomic E-state index is 12.2. The molecule has 5 aromatic rings. The highest BCUT2D eigenvalue weighted by molar-refractivity contribution is 6.30. The summed E-state index contributed by atoms with van der Waals surface area (Å²) in [5.41, 5.74) is 4.99. The summed E-state index contributed by atoms with van der Waals surface area (Å²) in [5.74, 6) is 0.907. The van der Waals surface area contributed by atoms with Gasteiger partial charge in [0.2, 0.25) is 5.82 Å². The van der Waals surface area contributed by atoms with Crippen LogP contribution in [0.4, 0.5) is 16.2 Å². The van der Waals surface area contributed by atoms with Gasteiger partial charge in [-0.05, 0) is 54.4 Å². The molecule has 0 saturated carbocycles. The van der Waals surface area contributed by atoms with E-state index in [2.05, 4.69) is 25.8 Å². The third kappa shape index (κ3) is 5.39. The number of imidazole rings is 1. The number of hydrogen-bond donors (Lipinski definition) is 2. The number of aromatic nitrogens is 4. The second kappa shape index (κ2) is 9.82. The van der Waals surface area contributed by atoms with Crippen molar-refractivity contribution in [2.24, 2.45) is 0 Å². The maximum Gasteiger partial charge on any atom is 0.323 e. The van der Waals surface area contributed by atoms with E-state index in [1.165, 1.54) is 0 Å². The summed E-state index contributed by atoms with van der Waals surface area (Å²) in [4.78, 5) is 21.1. The van der Waals surface area contributed by atoms with Crippen molar-refractivity contribution in [3.05, 3.63) is 101 Å². The van der Waals surface area contributed by atoms with Crippen molar-refractivity contribution in [2.75, 3.05) is 10.6 Å². The minimum Gasteiger partial charge on any atom is -0.332 e. The molecule has 0 bridgehead atoms. The number of benzene rings is 3. The lowest BCUT2D eigenvalue weighted by atomic mass is 10.1. The molecule has 2 N–H and O–H groups in total. The Labute approximate surface area is 206 Å². The number of rotatable bonds is 6. The van der Waals surface area contributed by atoms with Gasteiger partial charge in [-0.3, -0.25) is 0 Å². The van der Waals surface area contributed by atoms with E-state index in [0.717, 1.165) is 16.7 Å². The summed E-state index contributed by atoms with van der Waals surface area (Å²) in [7, 11) is 0. The summed E-state index contributed by atoms with van der Waals surface area (Å²) in [6.45, 7) is 2.61. The molecule has 174 valence electrons. The molecule has 0 radical (unpaired) electrons. The van der Waals surface area contributed by atoms with E-state index in [1.807, 2.05) is 66.2 Å². The topological polar surface area (TPSA) is 97.9 Å². The second-order valence-electron chi connectivity index (χ2n) is 7.95. The van der Waals surface area contributed by atoms with Crippen molar-refractivity contribution >= 4 is 29.0 Å². The van der Waals surface area contributed by atoms with E-state index in [-0.39, 0.29) is 6.03 Å². The third-order valence-electron chi connectivity index (χ3n) is 5.34. The lowest BCUT2D eigenvalue weighted by Crippen LogP contribution is -2.19. The Hall–Kier alpha value is -4.43. The lowest BCUT2D eigenvalue weighted by molar-refractivity contribution is 0.262. The van der Waals surface area contributed by atoms with E-state index in [4.69, 9.17) is 16.1 Å². The van der Waals surface area contributed by atoms with E-state index in [9.17, 15) is 4.79 Å². The number of carbonyl (C=O) groups is 1. The van der Waals surface area contributed by atoms with Gasteiger partial charge in [-0.15, -0.1) is 0 Å². The fourth-order valence-electron chi connectivity index (χ4n) is 3.55. The minimum atomic E-state index is -0.330. The molecule has 0 atom stereocenters. The molecule has 9 heteroatoms. The first-order valence-electron chi connectivity index (χ1n) is 10.9. The van der Waals surface area contributed by atoms with Crippen LogP contribution >= 0.6 is 11.6 Å². The zero-order valence-electron chi connectivity index (χ0n) is 18.8. The molecule has 3 aromatic carbocycles. The van der Waals surface area contributed by atoms with Crippen LogP contribution in [0, 0.1) is 6.92 Å². The van der Waals surface area contributed by atoms with Gasteiger partial charge >= 0.3 is 6.03 Å². The van der Waals surface area contributed by atoms with Crippen LogP contribution in [0.3, 0.4) is 0 Å². The predicted molar refractivity (Wildman–Crippen MR) is 135 cm³/mol. The Balaban J connectivity index is 1.20. The van der Waals surface area contributed by atoms with Gasteiger partial charge in [0.05, 0.1) is 6.33 Å². The molecule has 35 heavy (non-hydrogen) atoms. The highest BCUT2D eigenvalue weighted by Gasteiger charge is 2.14. The number of nitrogens with zero attached hydrogens (tertiary/aromatic N) is 4. The van der Waals surface area contributed by atoms with E-state index >= 15 is 0 Å². The summed E-state index contributed by atoms with van der Waals surface area (Å²) in [6, 6.07) is 22.1. The number of hydrogen-bond acceptors (Lipinski definition) is 5. The van der Waals surface area contributed by atoms with Crippen LogP contribution in [-0.2, 0) is 6.54 Å². The van der Waals surface area contributed by atoms with Gasteiger partial charge in [0, 0.05) is 34.7 Å².